The summed E-state index contributed by atoms with van der Waals surface area (Å²) in [4.78, 5) is 0. The number of hydrogen-bond donors (Lipinski definition) is 1. The van der Waals surface area contributed by atoms with E-state index in [2.05, 4.69) is 50.4 Å². The molecule has 0 amide bonds. The van der Waals surface area contributed by atoms with Crippen molar-refractivity contribution in [2.45, 2.75) is 32.8 Å². The Balaban J connectivity index is 1.93. The zero-order valence-corrected chi connectivity index (χ0v) is 12.5. The van der Waals surface area contributed by atoms with Crippen molar-refractivity contribution in [3.8, 4) is 5.75 Å². The third kappa shape index (κ3) is 4.02. The molecule has 20 heavy (non-hydrogen) atoms. The Kier molecular flexibility index (Phi) is 5.05. The van der Waals surface area contributed by atoms with Crippen LogP contribution in [0.2, 0.25) is 0 Å². The van der Waals surface area contributed by atoms with Crippen LogP contribution in [0, 0.1) is 0 Å². The van der Waals surface area contributed by atoms with Crippen LogP contribution in [0.4, 0.5) is 5.69 Å². The molecule has 0 saturated carbocycles. The van der Waals surface area contributed by atoms with Gasteiger partial charge in [-0.05, 0) is 36.6 Å². The molecule has 2 heteroatoms. The van der Waals surface area contributed by atoms with Crippen molar-refractivity contribution in [3.63, 3.8) is 0 Å². The summed E-state index contributed by atoms with van der Waals surface area (Å²) >= 11 is 0. The van der Waals surface area contributed by atoms with Gasteiger partial charge in [-0.1, -0.05) is 50.2 Å². The molecule has 0 aliphatic rings. The fourth-order valence-corrected chi connectivity index (χ4v) is 2.14. The third-order valence-corrected chi connectivity index (χ3v) is 3.24. The number of para-hydroxylation sites is 2. The highest BCUT2D eigenvalue weighted by atomic mass is 16.5. The fraction of sp³-hybridized carbons (Fsp3) is 0.333. The molecule has 1 N–H and O–H groups in total. The summed E-state index contributed by atoms with van der Waals surface area (Å²) < 4.78 is 6.07. The zero-order chi connectivity index (χ0) is 14.4. The highest BCUT2D eigenvalue weighted by molar-refractivity contribution is 5.42. The molecule has 1 atom stereocenters. The van der Waals surface area contributed by atoms with E-state index in [0.717, 1.165) is 18.0 Å². The lowest BCUT2D eigenvalue weighted by molar-refractivity contribution is 0.231. The summed E-state index contributed by atoms with van der Waals surface area (Å²) in [6, 6.07) is 18.5. The largest absolute Gasteiger partial charge is 0.489 e. The van der Waals surface area contributed by atoms with E-state index < -0.39 is 0 Å². The molecule has 2 rings (SSSR count). The van der Waals surface area contributed by atoms with Crippen LogP contribution in [0.15, 0.2) is 54.6 Å². The maximum atomic E-state index is 6.07. The van der Waals surface area contributed by atoms with Crippen molar-refractivity contribution in [2.24, 2.45) is 0 Å². The molecular weight excluding hydrogens is 246 g/mol. The van der Waals surface area contributed by atoms with Gasteiger partial charge in [0, 0.05) is 5.69 Å². The first-order valence-corrected chi connectivity index (χ1v) is 7.21. The number of hydrogen-bond acceptors (Lipinski definition) is 2. The summed E-state index contributed by atoms with van der Waals surface area (Å²) in [5.41, 5.74) is 2.39. The van der Waals surface area contributed by atoms with Crippen LogP contribution in [0.1, 0.15) is 32.3 Å². The SMILES string of the molecule is CC(CNc1ccccc1)Oc1ccccc1C(C)C. The lowest BCUT2D eigenvalue weighted by Crippen LogP contribution is -2.23. The first kappa shape index (κ1) is 14.4. The molecule has 106 valence electrons. The Morgan fingerprint density at radius 1 is 0.900 bits per heavy atom. The van der Waals surface area contributed by atoms with Gasteiger partial charge in [-0.2, -0.15) is 0 Å². The summed E-state index contributed by atoms with van der Waals surface area (Å²) in [6.45, 7) is 7.26. The Labute approximate surface area is 121 Å². The minimum atomic E-state index is 0.120. The maximum Gasteiger partial charge on any atom is 0.123 e. The first-order chi connectivity index (χ1) is 9.66. The smallest absolute Gasteiger partial charge is 0.123 e. The van der Waals surface area contributed by atoms with Crippen LogP contribution >= 0.6 is 0 Å². The second-order valence-corrected chi connectivity index (χ2v) is 5.37. The Bertz CT molecular complexity index is 522. The van der Waals surface area contributed by atoms with Crippen LogP contribution in [0.5, 0.6) is 5.75 Å². The molecular formula is C18H23NO. The Morgan fingerprint density at radius 3 is 2.25 bits per heavy atom. The van der Waals surface area contributed by atoms with Gasteiger partial charge in [0.25, 0.3) is 0 Å². The normalized spacial score (nSPS) is 12.2. The van der Waals surface area contributed by atoms with E-state index in [4.69, 9.17) is 4.74 Å². The van der Waals surface area contributed by atoms with E-state index in [1.807, 2.05) is 30.3 Å². The van der Waals surface area contributed by atoms with Crippen molar-refractivity contribution >= 4 is 5.69 Å². The van der Waals surface area contributed by atoms with Crippen molar-refractivity contribution in [2.75, 3.05) is 11.9 Å². The molecule has 1 unspecified atom stereocenters. The van der Waals surface area contributed by atoms with Crippen LogP contribution in [-0.2, 0) is 0 Å². The molecule has 0 fully saturated rings. The Hall–Kier alpha value is -1.96. The second kappa shape index (κ2) is 6.99. The number of ether oxygens (including phenoxy) is 1. The molecule has 2 aromatic carbocycles. The van der Waals surface area contributed by atoms with Gasteiger partial charge in [0.15, 0.2) is 0 Å². The summed E-state index contributed by atoms with van der Waals surface area (Å²) in [7, 11) is 0. The molecule has 0 spiro atoms. The van der Waals surface area contributed by atoms with Crippen molar-refractivity contribution in [3.05, 3.63) is 60.2 Å². The topological polar surface area (TPSA) is 21.3 Å². The average Bonchev–Trinajstić information content (AvgIpc) is 2.46. The minimum Gasteiger partial charge on any atom is -0.489 e. The van der Waals surface area contributed by atoms with Crippen molar-refractivity contribution in [1.29, 1.82) is 0 Å². The van der Waals surface area contributed by atoms with Gasteiger partial charge in [-0.15, -0.1) is 0 Å². The molecule has 0 saturated heterocycles. The molecule has 2 aromatic rings. The van der Waals surface area contributed by atoms with Crippen LogP contribution in [0.25, 0.3) is 0 Å². The number of nitrogens with one attached hydrogen (secondary N) is 1. The molecule has 0 aliphatic heterocycles. The van der Waals surface area contributed by atoms with Crippen LogP contribution in [-0.4, -0.2) is 12.6 Å². The average molecular weight is 269 g/mol. The predicted octanol–water partition coefficient (Wildman–Crippen LogP) is 4.69. The molecule has 0 bridgehead atoms. The first-order valence-electron chi connectivity index (χ1n) is 7.21. The third-order valence-electron chi connectivity index (χ3n) is 3.24. The zero-order valence-electron chi connectivity index (χ0n) is 12.5. The summed E-state index contributed by atoms with van der Waals surface area (Å²) in [5.74, 6) is 1.46. The van der Waals surface area contributed by atoms with Gasteiger partial charge in [-0.25, -0.2) is 0 Å². The van der Waals surface area contributed by atoms with Gasteiger partial charge in [-0.3, -0.25) is 0 Å². The van der Waals surface area contributed by atoms with Gasteiger partial charge < -0.3 is 10.1 Å². The minimum absolute atomic E-state index is 0.120. The van der Waals surface area contributed by atoms with Gasteiger partial charge >= 0.3 is 0 Å². The van der Waals surface area contributed by atoms with E-state index in [9.17, 15) is 0 Å². The van der Waals surface area contributed by atoms with E-state index in [1.165, 1.54) is 5.56 Å². The van der Waals surface area contributed by atoms with E-state index in [1.54, 1.807) is 0 Å². The predicted molar refractivity (Wildman–Crippen MR) is 85.6 cm³/mol. The quantitative estimate of drug-likeness (QED) is 0.821. The standard InChI is InChI=1S/C18H23NO/c1-14(2)17-11-7-8-12-18(17)20-15(3)13-19-16-9-5-4-6-10-16/h4-12,14-15,19H,13H2,1-3H3. The molecule has 2 nitrogen and oxygen atoms in total. The van der Waals surface area contributed by atoms with Gasteiger partial charge in [0.05, 0.1) is 6.54 Å². The van der Waals surface area contributed by atoms with E-state index in [0.29, 0.717) is 5.92 Å². The van der Waals surface area contributed by atoms with Crippen molar-refractivity contribution in [1.82, 2.24) is 0 Å². The Morgan fingerprint density at radius 2 is 1.55 bits per heavy atom. The maximum absolute atomic E-state index is 6.07. The van der Waals surface area contributed by atoms with Gasteiger partial charge in [0.1, 0.15) is 11.9 Å². The van der Waals surface area contributed by atoms with Crippen LogP contribution < -0.4 is 10.1 Å². The second-order valence-electron chi connectivity index (χ2n) is 5.37. The van der Waals surface area contributed by atoms with Gasteiger partial charge in [0.2, 0.25) is 0 Å². The number of rotatable bonds is 6. The lowest BCUT2D eigenvalue weighted by atomic mass is 10.0. The van der Waals surface area contributed by atoms with E-state index in [-0.39, 0.29) is 6.10 Å². The highest BCUT2D eigenvalue weighted by Gasteiger charge is 2.10. The molecule has 0 aromatic heterocycles. The summed E-state index contributed by atoms with van der Waals surface area (Å²) in [6.07, 6.45) is 0.120. The number of anilines is 1. The monoisotopic (exact) mass is 269 g/mol. The molecule has 0 radical (unpaired) electrons. The van der Waals surface area contributed by atoms with E-state index >= 15 is 0 Å². The fourth-order valence-electron chi connectivity index (χ4n) is 2.14. The highest BCUT2D eigenvalue weighted by Crippen LogP contribution is 2.26. The summed E-state index contributed by atoms with van der Waals surface area (Å²) in [5, 5.41) is 3.39. The van der Waals surface area contributed by atoms with Crippen LogP contribution in [0.3, 0.4) is 0 Å². The number of benzene rings is 2. The molecule has 0 heterocycles. The lowest BCUT2D eigenvalue weighted by Gasteiger charge is -2.19. The van der Waals surface area contributed by atoms with Crippen molar-refractivity contribution < 1.29 is 4.74 Å². The molecule has 0 aliphatic carbocycles.